The van der Waals surface area contributed by atoms with Gasteiger partial charge >= 0.3 is 0 Å². The van der Waals surface area contributed by atoms with Crippen molar-refractivity contribution in [2.24, 2.45) is 0 Å². The largest absolute Gasteiger partial charge is 0.497 e. The normalized spacial score (nSPS) is 14.7. The summed E-state index contributed by atoms with van der Waals surface area (Å²) in [6.07, 6.45) is 0. The van der Waals surface area contributed by atoms with Gasteiger partial charge in [-0.15, -0.1) is 0 Å². The van der Waals surface area contributed by atoms with E-state index in [1.54, 1.807) is 18.2 Å². The lowest BCUT2D eigenvalue weighted by molar-refractivity contribution is 0.122. The number of anilines is 2. The molecular formula is C19H24N2O5S. The second-order valence-corrected chi connectivity index (χ2v) is 7.87. The Morgan fingerprint density at radius 2 is 1.78 bits per heavy atom. The summed E-state index contributed by atoms with van der Waals surface area (Å²) in [5, 5.41) is 0. The first-order valence-electron chi connectivity index (χ1n) is 8.63. The van der Waals surface area contributed by atoms with Gasteiger partial charge in [-0.1, -0.05) is 0 Å². The second-order valence-electron chi connectivity index (χ2n) is 6.22. The van der Waals surface area contributed by atoms with E-state index < -0.39 is 10.0 Å². The Labute approximate surface area is 159 Å². The van der Waals surface area contributed by atoms with Crippen molar-refractivity contribution >= 4 is 21.4 Å². The minimum Gasteiger partial charge on any atom is -0.497 e. The van der Waals surface area contributed by atoms with E-state index >= 15 is 0 Å². The topological polar surface area (TPSA) is 77.1 Å². The average molecular weight is 392 g/mol. The van der Waals surface area contributed by atoms with Crippen LogP contribution in [0.25, 0.3) is 0 Å². The van der Waals surface area contributed by atoms with E-state index in [4.69, 9.17) is 14.2 Å². The van der Waals surface area contributed by atoms with Crippen molar-refractivity contribution in [2.45, 2.75) is 11.8 Å². The monoisotopic (exact) mass is 392 g/mol. The van der Waals surface area contributed by atoms with Gasteiger partial charge in [0.25, 0.3) is 10.0 Å². The molecule has 1 aliphatic rings. The van der Waals surface area contributed by atoms with Crippen LogP contribution in [0.4, 0.5) is 11.4 Å². The quantitative estimate of drug-likeness (QED) is 0.814. The predicted molar refractivity (Wildman–Crippen MR) is 105 cm³/mol. The number of morpholine rings is 1. The van der Waals surface area contributed by atoms with Crippen LogP contribution >= 0.6 is 0 Å². The summed E-state index contributed by atoms with van der Waals surface area (Å²) in [6, 6.07) is 10.3. The van der Waals surface area contributed by atoms with Crippen LogP contribution in [0.1, 0.15) is 5.56 Å². The zero-order chi connectivity index (χ0) is 19.4. The van der Waals surface area contributed by atoms with Crippen LogP contribution in [0.2, 0.25) is 0 Å². The van der Waals surface area contributed by atoms with Gasteiger partial charge in [0, 0.05) is 24.8 Å². The lowest BCUT2D eigenvalue weighted by atomic mass is 10.1. The average Bonchev–Trinajstić information content (AvgIpc) is 2.69. The number of nitrogens with one attached hydrogen (secondary N) is 1. The zero-order valence-corrected chi connectivity index (χ0v) is 16.5. The summed E-state index contributed by atoms with van der Waals surface area (Å²) in [5.74, 6) is 0.696. The maximum atomic E-state index is 12.9. The molecule has 3 rings (SSSR count). The molecule has 8 heteroatoms. The fourth-order valence-corrected chi connectivity index (χ4v) is 4.29. The first kappa shape index (κ1) is 19.3. The molecule has 1 N–H and O–H groups in total. The number of ether oxygens (including phenoxy) is 3. The predicted octanol–water partition coefficient (Wildman–Crippen LogP) is 2.65. The molecule has 1 aliphatic heterocycles. The summed E-state index contributed by atoms with van der Waals surface area (Å²) in [6.45, 7) is 4.92. The van der Waals surface area contributed by atoms with Crippen LogP contribution < -0.4 is 19.1 Å². The smallest absolute Gasteiger partial charge is 0.265 e. The summed E-state index contributed by atoms with van der Waals surface area (Å²) in [5.41, 5.74) is 2.42. The van der Waals surface area contributed by atoms with Gasteiger partial charge < -0.3 is 19.1 Å². The number of rotatable bonds is 6. The third-order valence-corrected chi connectivity index (χ3v) is 5.88. The molecular weight excluding hydrogens is 368 g/mol. The van der Waals surface area contributed by atoms with Crippen molar-refractivity contribution in [1.82, 2.24) is 0 Å². The van der Waals surface area contributed by atoms with Crippen LogP contribution in [-0.2, 0) is 14.8 Å². The molecule has 0 aromatic heterocycles. The van der Waals surface area contributed by atoms with Crippen molar-refractivity contribution in [1.29, 1.82) is 0 Å². The van der Waals surface area contributed by atoms with Crippen LogP contribution in [0.5, 0.6) is 11.5 Å². The molecule has 146 valence electrons. The number of benzene rings is 2. The van der Waals surface area contributed by atoms with Gasteiger partial charge in [-0.05, 0) is 42.8 Å². The van der Waals surface area contributed by atoms with Crippen LogP contribution in [0.3, 0.4) is 0 Å². The first-order valence-corrected chi connectivity index (χ1v) is 10.1. The summed E-state index contributed by atoms with van der Waals surface area (Å²) >= 11 is 0. The van der Waals surface area contributed by atoms with Gasteiger partial charge in [0.15, 0.2) is 0 Å². The van der Waals surface area contributed by atoms with E-state index in [0.29, 0.717) is 24.7 Å². The van der Waals surface area contributed by atoms with Crippen LogP contribution in [0.15, 0.2) is 41.3 Å². The lowest BCUT2D eigenvalue weighted by Gasteiger charge is -2.29. The molecule has 0 spiro atoms. The molecule has 0 radical (unpaired) electrons. The molecule has 1 fully saturated rings. The Balaban J connectivity index is 1.88. The number of aryl methyl sites for hydroxylation is 1. The van der Waals surface area contributed by atoms with E-state index in [9.17, 15) is 8.42 Å². The molecule has 0 atom stereocenters. The molecule has 27 heavy (non-hydrogen) atoms. The summed E-state index contributed by atoms with van der Waals surface area (Å²) in [7, 11) is -0.918. The Kier molecular flexibility index (Phi) is 5.76. The van der Waals surface area contributed by atoms with Crippen molar-refractivity contribution in [3.05, 3.63) is 42.0 Å². The van der Waals surface area contributed by atoms with Crippen molar-refractivity contribution < 1.29 is 22.6 Å². The van der Waals surface area contributed by atoms with Crippen molar-refractivity contribution in [2.75, 3.05) is 50.1 Å². The van der Waals surface area contributed by atoms with E-state index in [1.165, 1.54) is 20.3 Å². The molecule has 7 nitrogen and oxygen atoms in total. The summed E-state index contributed by atoms with van der Waals surface area (Å²) in [4.78, 5) is 2.25. The maximum absolute atomic E-state index is 12.9. The number of methoxy groups -OCH3 is 2. The molecule has 0 amide bonds. The Morgan fingerprint density at radius 1 is 1.04 bits per heavy atom. The van der Waals surface area contributed by atoms with E-state index in [1.807, 2.05) is 19.1 Å². The molecule has 0 unspecified atom stereocenters. The van der Waals surface area contributed by atoms with Gasteiger partial charge in [0.2, 0.25) is 0 Å². The highest BCUT2D eigenvalue weighted by atomic mass is 32.2. The molecule has 1 saturated heterocycles. The van der Waals surface area contributed by atoms with Gasteiger partial charge in [0.1, 0.15) is 16.4 Å². The highest BCUT2D eigenvalue weighted by Gasteiger charge is 2.22. The Bertz CT molecular complexity index is 908. The van der Waals surface area contributed by atoms with Gasteiger partial charge in [-0.25, -0.2) is 8.42 Å². The van der Waals surface area contributed by atoms with Gasteiger partial charge in [-0.2, -0.15) is 0 Å². The highest BCUT2D eigenvalue weighted by molar-refractivity contribution is 7.92. The summed E-state index contributed by atoms with van der Waals surface area (Å²) < 4.78 is 44.2. The SMILES string of the molecule is COc1ccc(OC)c(S(=O)(=O)Nc2ccc(N3CCOCC3)cc2C)c1. The molecule has 0 saturated carbocycles. The van der Waals surface area contributed by atoms with Gasteiger partial charge in [0.05, 0.1) is 33.1 Å². The van der Waals surface area contributed by atoms with Gasteiger partial charge in [-0.3, -0.25) is 4.72 Å². The Morgan fingerprint density at radius 3 is 2.41 bits per heavy atom. The van der Waals surface area contributed by atoms with Crippen molar-refractivity contribution in [3.63, 3.8) is 0 Å². The highest BCUT2D eigenvalue weighted by Crippen LogP contribution is 2.31. The fourth-order valence-electron chi connectivity index (χ4n) is 2.97. The van der Waals surface area contributed by atoms with E-state index in [2.05, 4.69) is 9.62 Å². The minimum atomic E-state index is -3.84. The van der Waals surface area contributed by atoms with Crippen molar-refractivity contribution in [3.8, 4) is 11.5 Å². The third kappa shape index (κ3) is 4.28. The molecule has 2 aromatic carbocycles. The molecule has 2 aromatic rings. The zero-order valence-electron chi connectivity index (χ0n) is 15.7. The number of nitrogens with zero attached hydrogens (tertiary/aromatic N) is 1. The van der Waals surface area contributed by atoms with Crippen LogP contribution in [-0.4, -0.2) is 48.9 Å². The molecule has 0 aliphatic carbocycles. The molecule has 0 bridgehead atoms. The van der Waals surface area contributed by atoms with Crippen LogP contribution in [0, 0.1) is 6.92 Å². The first-order chi connectivity index (χ1) is 12.9. The Hall–Kier alpha value is -2.45. The standard InChI is InChI=1S/C19H24N2O5S/c1-14-12-15(21-8-10-26-11-9-21)4-6-17(14)20-27(22,23)19-13-16(24-2)5-7-18(19)25-3/h4-7,12-13,20H,8-11H2,1-3H3. The number of hydrogen-bond acceptors (Lipinski definition) is 6. The maximum Gasteiger partial charge on any atom is 0.265 e. The second kappa shape index (κ2) is 8.06. The van der Waals surface area contributed by atoms with E-state index in [-0.39, 0.29) is 10.6 Å². The minimum absolute atomic E-state index is 0.0287. The fraction of sp³-hybridized carbons (Fsp3) is 0.368. The lowest BCUT2D eigenvalue weighted by Crippen LogP contribution is -2.36. The number of hydrogen-bond donors (Lipinski definition) is 1. The number of sulfonamides is 1. The van der Waals surface area contributed by atoms with E-state index in [0.717, 1.165) is 24.3 Å². The third-order valence-electron chi connectivity index (χ3n) is 4.49. The molecule has 1 heterocycles.